The Labute approximate surface area is 127 Å². The van der Waals surface area contributed by atoms with Gasteiger partial charge >= 0.3 is 6.18 Å². The fourth-order valence-corrected chi connectivity index (χ4v) is 2.77. The Morgan fingerprint density at radius 3 is 2.77 bits per heavy atom. The molecule has 1 aliphatic rings. The average molecular weight is 315 g/mol. The van der Waals surface area contributed by atoms with Crippen LogP contribution in [0.2, 0.25) is 0 Å². The summed E-state index contributed by atoms with van der Waals surface area (Å²) in [6.45, 7) is 1.97. The molecule has 2 rings (SSSR count). The van der Waals surface area contributed by atoms with Crippen molar-refractivity contribution in [1.82, 2.24) is 14.8 Å². The number of halogens is 3. The van der Waals surface area contributed by atoms with Crippen LogP contribution in [0.4, 0.5) is 13.2 Å². The van der Waals surface area contributed by atoms with Crippen LogP contribution in [0.25, 0.3) is 0 Å². The molecule has 1 aromatic heterocycles. The molecule has 4 nitrogen and oxygen atoms in total. The maximum atomic E-state index is 12.6. The zero-order valence-corrected chi connectivity index (χ0v) is 12.5. The Bertz CT molecular complexity index is 493. The Balaban J connectivity index is 2.06. The van der Waals surface area contributed by atoms with Gasteiger partial charge in [0, 0.05) is 19.3 Å². The molecule has 0 aromatic carbocycles. The molecule has 0 radical (unpaired) electrons. The Hall–Kier alpha value is -1.63. The molecule has 1 fully saturated rings. The van der Waals surface area contributed by atoms with E-state index in [9.17, 15) is 18.0 Å². The van der Waals surface area contributed by atoms with E-state index in [0.717, 1.165) is 10.6 Å². The van der Waals surface area contributed by atoms with Gasteiger partial charge in [-0.1, -0.05) is 13.0 Å². The van der Waals surface area contributed by atoms with Crippen LogP contribution >= 0.6 is 0 Å². The van der Waals surface area contributed by atoms with Crippen LogP contribution in [-0.4, -0.2) is 52.5 Å². The van der Waals surface area contributed by atoms with Crippen molar-refractivity contribution in [1.29, 1.82) is 0 Å². The van der Waals surface area contributed by atoms with Gasteiger partial charge in [-0.3, -0.25) is 14.7 Å². The molecule has 0 saturated carbocycles. The third kappa shape index (κ3) is 4.43. The predicted octanol–water partition coefficient (Wildman–Crippen LogP) is 2.46. The van der Waals surface area contributed by atoms with E-state index in [0.29, 0.717) is 25.9 Å². The zero-order valence-electron chi connectivity index (χ0n) is 12.5. The van der Waals surface area contributed by atoms with E-state index >= 15 is 0 Å². The van der Waals surface area contributed by atoms with Gasteiger partial charge in [0.15, 0.2) is 0 Å². The molecule has 1 saturated heterocycles. The lowest BCUT2D eigenvalue weighted by Crippen LogP contribution is -2.54. The molecule has 0 aliphatic carbocycles. The summed E-state index contributed by atoms with van der Waals surface area (Å²) in [7, 11) is 0. The van der Waals surface area contributed by atoms with Gasteiger partial charge in [-0.05, 0) is 31.5 Å². The highest BCUT2D eigenvalue weighted by Gasteiger charge is 2.39. The largest absolute Gasteiger partial charge is 0.406 e. The summed E-state index contributed by atoms with van der Waals surface area (Å²) in [5, 5.41) is 0. The first-order chi connectivity index (χ1) is 10.4. The van der Waals surface area contributed by atoms with Crippen molar-refractivity contribution in [3.8, 4) is 0 Å². The molecular weight excluding hydrogens is 295 g/mol. The van der Waals surface area contributed by atoms with Gasteiger partial charge in [-0.2, -0.15) is 13.2 Å². The normalized spacial score (nSPS) is 19.8. The lowest BCUT2D eigenvalue weighted by Gasteiger charge is -2.38. The molecule has 1 aromatic rings. The van der Waals surface area contributed by atoms with Crippen LogP contribution in [0.3, 0.4) is 0 Å². The number of rotatable bonds is 5. The van der Waals surface area contributed by atoms with Crippen molar-refractivity contribution >= 4 is 5.91 Å². The zero-order chi connectivity index (χ0) is 16.2. The van der Waals surface area contributed by atoms with Crippen LogP contribution in [0, 0.1) is 0 Å². The van der Waals surface area contributed by atoms with Crippen molar-refractivity contribution < 1.29 is 18.0 Å². The molecule has 7 heteroatoms. The first kappa shape index (κ1) is 16.7. The Morgan fingerprint density at radius 2 is 2.18 bits per heavy atom. The summed E-state index contributed by atoms with van der Waals surface area (Å²) in [6, 6.07) is 5.01. The monoisotopic (exact) mass is 315 g/mol. The number of likely N-dealkylation sites (tertiary alicyclic amines) is 1. The van der Waals surface area contributed by atoms with Gasteiger partial charge in [0.2, 0.25) is 5.91 Å². The molecule has 0 spiro atoms. The number of aromatic nitrogens is 1. The van der Waals surface area contributed by atoms with E-state index in [2.05, 4.69) is 4.98 Å². The quantitative estimate of drug-likeness (QED) is 0.837. The van der Waals surface area contributed by atoms with Crippen LogP contribution in [0.5, 0.6) is 0 Å². The number of piperidine rings is 1. The van der Waals surface area contributed by atoms with E-state index < -0.39 is 24.7 Å². The Morgan fingerprint density at radius 1 is 1.41 bits per heavy atom. The maximum absolute atomic E-state index is 12.6. The van der Waals surface area contributed by atoms with Crippen LogP contribution in [0.15, 0.2) is 24.4 Å². The van der Waals surface area contributed by atoms with Crippen LogP contribution < -0.4 is 0 Å². The van der Waals surface area contributed by atoms with Gasteiger partial charge < -0.3 is 4.90 Å². The SMILES string of the molecule is CCN(Cc1ccccn1)C1CCCN(CC(F)(F)F)C1=O. The van der Waals surface area contributed by atoms with E-state index in [1.807, 2.05) is 24.0 Å². The van der Waals surface area contributed by atoms with Crippen LogP contribution in [-0.2, 0) is 11.3 Å². The molecule has 1 amide bonds. The number of amides is 1. The van der Waals surface area contributed by atoms with Crippen molar-refractivity contribution in [3.63, 3.8) is 0 Å². The third-order valence-corrected chi connectivity index (χ3v) is 3.81. The number of hydrogen-bond acceptors (Lipinski definition) is 3. The van der Waals surface area contributed by atoms with Crippen molar-refractivity contribution in [2.24, 2.45) is 0 Å². The predicted molar refractivity (Wildman–Crippen MR) is 76.0 cm³/mol. The van der Waals surface area contributed by atoms with E-state index in [1.165, 1.54) is 0 Å². The standard InChI is InChI=1S/C15H20F3N3O/c1-2-20(10-12-6-3-4-8-19-12)13-7-5-9-21(14(13)22)11-15(16,17)18/h3-4,6,8,13H,2,5,7,9-11H2,1H3. The first-order valence-corrected chi connectivity index (χ1v) is 7.40. The summed E-state index contributed by atoms with van der Waals surface area (Å²) >= 11 is 0. The minimum Gasteiger partial charge on any atom is -0.332 e. The number of pyridine rings is 1. The summed E-state index contributed by atoms with van der Waals surface area (Å²) in [5.41, 5.74) is 0.810. The lowest BCUT2D eigenvalue weighted by atomic mass is 10.0. The summed E-state index contributed by atoms with van der Waals surface area (Å²) in [6.07, 6.45) is -1.50. The molecule has 2 heterocycles. The Kier molecular flexibility index (Phi) is 5.39. The van der Waals surface area contributed by atoms with E-state index in [1.54, 1.807) is 12.3 Å². The number of hydrogen-bond donors (Lipinski definition) is 0. The maximum Gasteiger partial charge on any atom is 0.406 e. The van der Waals surface area contributed by atoms with E-state index in [4.69, 9.17) is 0 Å². The minimum absolute atomic E-state index is 0.177. The number of carbonyl (C=O) groups is 1. The molecule has 1 aliphatic heterocycles. The highest BCUT2D eigenvalue weighted by Crippen LogP contribution is 2.23. The second-order valence-electron chi connectivity index (χ2n) is 5.42. The van der Waals surface area contributed by atoms with Gasteiger partial charge in [0.25, 0.3) is 0 Å². The molecule has 22 heavy (non-hydrogen) atoms. The fraction of sp³-hybridized carbons (Fsp3) is 0.600. The highest BCUT2D eigenvalue weighted by atomic mass is 19.4. The molecule has 0 bridgehead atoms. The summed E-state index contributed by atoms with van der Waals surface area (Å²) in [4.78, 5) is 19.4. The van der Waals surface area contributed by atoms with Crippen LogP contribution in [0.1, 0.15) is 25.5 Å². The van der Waals surface area contributed by atoms with Crippen molar-refractivity contribution in [2.45, 2.75) is 38.5 Å². The molecule has 122 valence electrons. The first-order valence-electron chi connectivity index (χ1n) is 7.40. The fourth-order valence-electron chi connectivity index (χ4n) is 2.77. The van der Waals surface area contributed by atoms with Gasteiger partial charge in [0.1, 0.15) is 6.54 Å². The molecule has 1 atom stereocenters. The molecular formula is C15H20F3N3O. The van der Waals surface area contributed by atoms with E-state index in [-0.39, 0.29) is 6.54 Å². The number of likely N-dealkylation sites (N-methyl/N-ethyl adjacent to an activating group) is 1. The lowest BCUT2D eigenvalue weighted by molar-refractivity contribution is -0.167. The second-order valence-corrected chi connectivity index (χ2v) is 5.42. The average Bonchev–Trinajstić information content (AvgIpc) is 2.47. The summed E-state index contributed by atoms with van der Waals surface area (Å²) < 4.78 is 37.7. The third-order valence-electron chi connectivity index (χ3n) is 3.81. The van der Waals surface area contributed by atoms with Crippen molar-refractivity contribution in [3.05, 3.63) is 30.1 Å². The number of carbonyl (C=O) groups excluding carboxylic acids is 1. The van der Waals surface area contributed by atoms with Gasteiger partial charge in [-0.25, -0.2) is 0 Å². The van der Waals surface area contributed by atoms with Gasteiger partial charge in [-0.15, -0.1) is 0 Å². The topological polar surface area (TPSA) is 36.4 Å². The molecule has 1 unspecified atom stereocenters. The minimum atomic E-state index is -4.35. The molecule has 0 N–H and O–H groups in total. The number of nitrogens with zero attached hydrogens (tertiary/aromatic N) is 3. The van der Waals surface area contributed by atoms with Crippen molar-refractivity contribution in [2.75, 3.05) is 19.6 Å². The smallest absolute Gasteiger partial charge is 0.332 e. The summed E-state index contributed by atoms with van der Waals surface area (Å²) in [5.74, 6) is -0.429. The second kappa shape index (κ2) is 7.09. The highest BCUT2D eigenvalue weighted by molar-refractivity contribution is 5.82. The number of alkyl halides is 3. The van der Waals surface area contributed by atoms with Gasteiger partial charge in [0.05, 0.1) is 11.7 Å².